The fourth-order valence-corrected chi connectivity index (χ4v) is 1.97. The minimum absolute atomic E-state index is 0.145. The lowest BCUT2D eigenvalue weighted by Crippen LogP contribution is -2.34. The SMILES string of the molecule is CCOCCC(=O)N1CCCC(C)(O)CC1. The van der Waals surface area contributed by atoms with Crippen LogP contribution in [0.5, 0.6) is 0 Å². The van der Waals surface area contributed by atoms with Gasteiger partial charge >= 0.3 is 0 Å². The average Bonchev–Trinajstić information content (AvgIpc) is 2.39. The van der Waals surface area contributed by atoms with Crippen molar-refractivity contribution >= 4 is 5.91 Å². The van der Waals surface area contributed by atoms with E-state index in [-0.39, 0.29) is 5.91 Å². The first kappa shape index (κ1) is 13.5. The lowest BCUT2D eigenvalue weighted by atomic mass is 9.98. The van der Waals surface area contributed by atoms with Gasteiger partial charge in [0.1, 0.15) is 0 Å². The maximum atomic E-state index is 11.8. The highest BCUT2D eigenvalue weighted by atomic mass is 16.5. The van der Waals surface area contributed by atoms with Crippen LogP contribution < -0.4 is 0 Å². The van der Waals surface area contributed by atoms with Crippen molar-refractivity contribution in [2.24, 2.45) is 0 Å². The van der Waals surface area contributed by atoms with Crippen LogP contribution in [0.25, 0.3) is 0 Å². The Morgan fingerprint density at radius 1 is 1.44 bits per heavy atom. The van der Waals surface area contributed by atoms with Crippen LogP contribution in [0, 0.1) is 0 Å². The lowest BCUT2D eigenvalue weighted by Gasteiger charge is -2.22. The molecule has 0 radical (unpaired) electrons. The maximum Gasteiger partial charge on any atom is 0.224 e. The van der Waals surface area contributed by atoms with Crippen molar-refractivity contribution in [3.05, 3.63) is 0 Å². The summed E-state index contributed by atoms with van der Waals surface area (Å²) in [5, 5.41) is 9.91. The molecule has 4 heteroatoms. The molecule has 1 saturated heterocycles. The van der Waals surface area contributed by atoms with Crippen LogP contribution in [0.1, 0.15) is 39.5 Å². The summed E-state index contributed by atoms with van der Waals surface area (Å²) in [7, 11) is 0. The Kier molecular flexibility index (Phi) is 5.22. The van der Waals surface area contributed by atoms with E-state index in [0.29, 0.717) is 32.6 Å². The Hall–Kier alpha value is -0.610. The molecule has 0 aromatic rings. The molecule has 0 aliphatic carbocycles. The molecule has 16 heavy (non-hydrogen) atoms. The van der Waals surface area contributed by atoms with Gasteiger partial charge in [0.2, 0.25) is 5.91 Å². The summed E-state index contributed by atoms with van der Waals surface area (Å²) < 4.78 is 5.17. The molecular weight excluding hydrogens is 206 g/mol. The number of hydrogen-bond acceptors (Lipinski definition) is 3. The van der Waals surface area contributed by atoms with E-state index in [1.54, 1.807) is 0 Å². The van der Waals surface area contributed by atoms with Crippen molar-refractivity contribution in [1.82, 2.24) is 4.90 Å². The fraction of sp³-hybridized carbons (Fsp3) is 0.917. The van der Waals surface area contributed by atoms with Crippen LogP contribution in [0.2, 0.25) is 0 Å². The zero-order chi connectivity index (χ0) is 12.0. The van der Waals surface area contributed by atoms with Crippen LogP contribution in [-0.2, 0) is 9.53 Å². The van der Waals surface area contributed by atoms with Gasteiger partial charge in [-0.3, -0.25) is 4.79 Å². The molecule has 1 N–H and O–H groups in total. The van der Waals surface area contributed by atoms with E-state index in [0.717, 1.165) is 19.4 Å². The minimum atomic E-state index is -0.602. The van der Waals surface area contributed by atoms with E-state index in [9.17, 15) is 9.90 Å². The highest BCUT2D eigenvalue weighted by Gasteiger charge is 2.26. The first-order chi connectivity index (χ1) is 7.55. The second kappa shape index (κ2) is 6.21. The molecular formula is C12H23NO3. The Balaban J connectivity index is 2.33. The average molecular weight is 229 g/mol. The molecule has 1 atom stereocenters. The Morgan fingerprint density at radius 3 is 2.88 bits per heavy atom. The highest BCUT2D eigenvalue weighted by Crippen LogP contribution is 2.21. The van der Waals surface area contributed by atoms with Crippen LogP contribution in [-0.4, -0.2) is 47.8 Å². The third-order valence-electron chi connectivity index (χ3n) is 3.08. The van der Waals surface area contributed by atoms with Crippen molar-refractivity contribution < 1.29 is 14.6 Å². The summed E-state index contributed by atoms with van der Waals surface area (Å²) >= 11 is 0. The van der Waals surface area contributed by atoms with Gasteiger partial charge in [0.05, 0.1) is 18.6 Å². The number of nitrogens with zero attached hydrogens (tertiary/aromatic N) is 1. The number of hydrogen-bond donors (Lipinski definition) is 1. The summed E-state index contributed by atoms with van der Waals surface area (Å²) in [4.78, 5) is 13.6. The molecule has 0 bridgehead atoms. The zero-order valence-electron chi connectivity index (χ0n) is 10.4. The molecule has 1 unspecified atom stereocenters. The third-order valence-corrected chi connectivity index (χ3v) is 3.08. The number of carbonyl (C=O) groups is 1. The normalized spacial score (nSPS) is 26.6. The van der Waals surface area contributed by atoms with E-state index in [2.05, 4.69) is 0 Å². The molecule has 1 rings (SSSR count). The largest absolute Gasteiger partial charge is 0.390 e. The summed E-state index contributed by atoms with van der Waals surface area (Å²) in [6, 6.07) is 0. The van der Waals surface area contributed by atoms with Crippen molar-refractivity contribution in [2.75, 3.05) is 26.3 Å². The van der Waals surface area contributed by atoms with Crippen molar-refractivity contribution in [1.29, 1.82) is 0 Å². The monoisotopic (exact) mass is 229 g/mol. The van der Waals surface area contributed by atoms with Crippen LogP contribution in [0.3, 0.4) is 0 Å². The second-order valence-electron chi connectivity index (χ2n) is 4.68. The summed E-state index contributed by atoms with van der Waals surface area (Å²) in [5.74, 6) is 0.145. The van der Waals surface area contributed by atoms with E-state index in [1.807, 2.05) is 18.7 Å². The Bertz CT molecular complexity index is 228. The molecule has 1 amide bonds. The summed E-state index contributed by atoms with van der Waals surface area (Å²) in [6.07, 6.45) is 2.79. The Morgan fingerprint density at radius 2 is 2.19 bits per heavy atom. The van der Waals surface area contributed by atoms with Gasteiger partial charge in [0.25, 0.3) is 0 Å². The quantitative estimate of drug-likeness (QED) is 0.736. The number of rotatable bonds is 4. The van der Waals surface area contributed by atoms with Crippen molar-refractivity contribution in [3.63, 3.8) is 0 Å². The second-order valence-corrected chi connectivity index (χ2v) is 4.68. The third kappa shape index (κ3) is 4.49. The predicted octanol–water partition coefficient (Wildman–Crippen LogP) is 1.18. The molecule has 0 aromatic carbocycles. The van der Waals surface area contributed by atoms with E-state index in [4.69, 9.17) is 4.74 Å². The number of aliphatic hydroxyl groups is 1. The Labute approximate surface area is 97.6 Å². The van der Waals surface area contributed by atoms with Gasteiger partial charge in [-0.25, -0.2) is 0 Å². The molecule has 0 spiro atoms. The number of likely N-dealkylation sites (tertiary alicyclic amines) is 1. The van der Waals surface area contributed by atoms with Crippen LogP contribution in [0.4, 0.5) is 0 Å². The molecule has 1 heterocycles. The van der Waals surface area contributed by atoms with Gasteiger partial charge < -0.3 is 14.7 Å². The van der Waals surface area contributed by atoms with Crippen LogP contribution in [0.15, 0.2) is 0 Å². The van der Waals surface area contributed by atoms with Crippen molar-refractivity contribution in [3.8, 4) is 0 Å². The molecule has 1 aliphatic heterocycles. The molecule has 1 fully saturated rings. The van der Waals surface area contributed by atoms with Crippen LogP contribution >= 0.6 is 0 Å². The van der Waals surface area contributed by atoms with Gasteiger partial charge in [-0.05, 0) is 33.1 Å². The molecule has 94 valence electrons. The number of amides is 1. The zero-order valence-corrected chi connectivity index (χ0v) is 10.4. The first-order valence-electron chi connectivity index (χ1n) is 6.13. The van der Waals surface area contributed by atoms with Crippen molar-refractivity contribution in [2.45, 2.75) is 45.1 Å². The first-order valence-corrected chi connectivity index (χ1v) is 6.13. The maximum absolute atomic E-state index is 11.8. The lowest BCUT2D eigenvalue weighted by molar-refractivity contribution is -0.132. The van der Waals surface area contributed by atoms with E-state index in [1.165, 1.54) is 0 Å². The van der Waals surface area contributed by atoms with E-state index >= 15 is 0 Å². The summed E-state index contributed by atoms with van der Waals surface area (Å²) in [5.41, 5.74) is -0.602. The van der Waals surface area contributed by atoms with Gasteiger partial charge in [-0.15, -0.1) is 0 Å². The topological polar surface area (TPSA) is 49.8 Å². The number of ether oxygens (including phenoxy) is 1. The van der Waals surface area contributed by atoms with Gasteiger partial charge in [-0.1, -0.05) is 0 Å². The van der Waals surface area contributed by atoms with E-state index < -0.39 is 5.60 Å². The summed E-state index contributed by atoms with van der Waals surface area (Å²) in [6.45, 7) is 6.36. The van der Waals surface area contributed by atoms with Gasteiger partial charge in [0, 0.05) is 19.7 Å². The highest BCUT2D eigenvalue weighted by molar-refractivity contribution is 5.76. The molecule has 0 saturated carbocycles. The van der Waals surface area contributed by atoms with Gasteiger partial charge in [0.15, 0.2) is 0 Å². The fourth-order valence-electron chi connectivity index (χ4n) is 1.97. The smallest absolute Gasteiger partial charge is 0.224 e. The predicted molar refractivity (Wildman–Crippen MR) is 62.2 cm³/mol. The standard InChI is InChI=1S/C12H23NO3/c1-3-16-10-5-11(14)13-8-4-6-12(2,15)7-9-13/h15H,3-10H2,1-2H3. The molecule has 0 aromatic heterocycles. The van der Waals surface area contributed by atoms with Gasteiger partial charge in [-0.2, -0.15) is 0 Å². The molecule has 1 aliphatic rings. The minimum Gasteiger partial charge on any atom is -0.390 e. The molecule has 4 nitrogen and oxygen atoms in total. The number of carbonyl (C=O) groups excluding carboxylic acids is 1.